The molecule has 1 aromatic rings. The molecule has 0 amide bonds. The minimum Gasteiger partial charge on any atom is -0.378 e. The molecule has 2 heterocycles. The number of fused-ring (bicyclic) bond motifs is 1. The average molecular weight is 249 g/mol. The average Bonchev–Trinajstić information content (AvgIpc) is 2.95. The van der Waals surface area contributed by atoms with E-state index in [0.717, 1.165) is 38.7 Å². The highest BCUT2D eigenvalue weighted by Crippen LogP contribution is 2.23. The first-order valence-corrected chi connectivity index (χ1v) is 7.14. The molecule has 2 N–H and O–H groups in total. The third kappa shape index (κ3) is 2.31. The van der Waals surface area contributed by atoms with Crippen molar-refractivity contribution in [2.24, 2.45) is 12.8 Å². The fourth-order valence-electron chi connectivity index (χ4n) is 3.18. The van der Waals surface area contributed by atoms with Gasteiger partial charge in [0.1, 0.15) is 5.82 Å². The van der Waals surface area contributed by atoms with Gasteiger partial charge in [0.15, 0.2) is 0 Å². The van der Waals surface area contributed by atoms with Gasteiger partial charge in [-0.3, -0.25) is 0 Å². The molecule has 1 saturated heterocycles. The molecule has 0 radical (unpaired) electrons. The number of rotatable bonds is 3. The zero-order valence-corrected chi connectivity index (χ0v) is 11.2. The molecule has 4 nitrogen and oxygen atoms in total. The highest BCUT2D eigenvalue weighted by Gasteiger charge is 2.23. The van der Waals surface area contributed by atoms with Crippen LogP contribution in [0.2, 0.25) is 0 Å². The maximum absolute atomic E-state index is 6.01. The molecule has 1 aliphatic heterocycles. The van der Waals surface area contributed by atoms with E-state index in [4.69, 9.17) is 15.5 Å². The second kappa shape index (κ2) is 5.02. The lowest BCUT2D eigenvalue weighted by Crippen LogP contribution is -2.28. The highest BCUT2D eigenvalue weighted by atomic mass is 16.5. The molecule has 1 aromatic heterocycles. The largest absolute Gasteiger partial charge is 0.378 e. The number of hydrogen-bond acceptors (Lipinski definition) is 3. The number of imidazole rings is 1. The third-order valence-corrected chi connectivity index (χ3v) is 4.31. The molecule has 18 heavy (non-hydrogen) atoms. The monoisotopic (exact) mass is 249 g/mol. The quantitative estimate of drug-likeness (QED) is 0.879. The summed E-state index contributed by atoms with van der Waals surface area (Å²) in [4.78, 5) is 4.79. The molecule has 100 valence electrons. The number of aromatic nitrogens is 2. The number of nitrogens with two attached hydrogens (primary N) is 1. The van der Waals surface area contributed by atoms with Gasteiger partial charge in [0, 0.05) is 38.2 Å². The summed E-state index contributed by atoms with van der Waals surface area (Å²) in [5.74, 6) is 1.21. The molecule has 0 aromatic carbocycles. The predicted molar refractivity (Wildman–Crippen MR) is 70.5 cm³/mol. The van der Waals surface area contributed by atoms with Crippen LogP contribution >= 0.6 is 0 Å². The molecule has 2 aliphatic rings. The van der Waals surface area contributed by atoms with Gasteiger partial charge in [-0.2, -0.15) is 0 Å². The van der Waals surface area contributed by atoms with Crippen LogP contribution in [-0.4, -0.2) is 28.3 Å². The second-order valence-corrected chi connectivity index (χ2v) is 5.66. The number of ether oxygens (including phenoxy) is 1. The van der Waals surface area contributed by atoms with Crippen molar-refractivity contribution in [1.29, 1.82) is 0 Å². The van der Waals surface area contributed by atoms with Crippen LogP contribution in [0.4, 0.5) is 0 Å². The highest BCUT2D eigenvalue weighted by molar-refractivity contribution is 5.21. The Morgan fingerprint density at radius 3 is 3.11 bits per heavy atom. The molecule has 2 unspecified atom stereocenters. The van der Waals surface area contributed by atoms with Crippen LogP contribution in [0.25, 0.3) is 0 Å². The molecule has 0 saturated carbocycles. The van der Waals surface area contributed by atoms with Crippen LogP contribution in [0, 0.1) is 0 Å². The van der Waals surface area contributed by atoms with E-state index in [2.05, 4.69) is 11.6 Å². The maximum Gasteiger partial charge on any atom is 0.109 e. The number of hydrogen-bond donors (Lipinski definition) is 1. The molecule has 1 aliphatic carbocycles. The summed E-state index contributed by atoms with van der Waals surface area (Å²) in [7, 11) is 2.15. The number of aryl methyl sites for hydroxylation is 1. The van der Waals surface area contributed by atoms with Gasteiger partial charge in [-0.25, -0.2) is 4.98 Å². The third-order valence-electron chi connectivity index (χ3n) is 4.31. The Morgan fingerprint density at radius 2 is 2.33 bits per heavy atom. The molecular weight excluding hydrogens is 226 g/mol. The Morgan fingerprint density at radius 1 is 1.44 bits per heavy atom. The van der Waals surface area contributed by atoms with Crippen molar-refractivity contribution >= 4 is 0 Å². The zero-order chi connectivity index (χ0) is 12.5. The fourth-order valence-corrected chi connectivity index (χ4v) is 3.18. The number of nitrogens with zero attached hydrogens (tertiary/aromatic N) is 2. The van der Waals surface area contributed by atoms with E-state index in [0.29, 0.717) is 12.1 Å². The smallest absolute Gasteiger partial charge is 0.109 e. The van der Waals surface area contributed by atoms with Crippen molar-refractivity contribution in [3.05, 3.63) is 17.2 Å². The Balaban J connectivity index is 1.68. The normalized spacial score (nSPS) is 27.4. The molecule has 2 atom stereocenters. The summed E-state index contributed by atoms with van der Waals surface area (Å²) in [5, 5.41) is 0. The van der Waals surface area contributed by atoms with Crippen molar-refractivity contribution in [1.82, 2.24) is 9.55 Å². The lowest BCUT2D eigenvalue weighted by Gasteiger charge is -2.17. The van der Waals surface area contributed by atoms with Gasteiger partial charge in [0.05, 0.1) is 11.8 Å². The standard InChI is InChI=1S/C14H23N3O/c1-17-13-6-4-10(15)9-12(13)16-14(17)7-5-11-3-2-8-18-11/h10-11H,2-9,15H2,1H3. The van der Waals surface area contributed by atoms with E-state index in [9.17, 15) is 0 Å². The van der Waals surface area contributed by atoms with E-state index < -0.39 is 0 Å². The van der Waals surface area contributed by atoms with E-state index in [1.807, 2.05) is 0 Å². The molecule has 0 spiro atoms. The Bertz CT molecular complexity index is 421. The molecule has 4 heteroatoms. The minimum absolute atomic E-state index is 0.304. The SMILES string of the molecule is Cn1c(CCC2CCCO2)nc2c1CCC(N)C2. The zero-order valence-electron chi connectivity index (χ0n) is 11.2. The lowest BCUT2D eigenvalue weighted by molar-refractivity contribution is 0.104. The topological polar surface area (TPSA) is 53.1 Å². The first-order valence-electron chi connectivity index (χ1n) is 7.14. The molecule has 3 rings (SSSR count). The van der Waals surface area contributed by atoms with Crippen LogP contribution in [0.5, 0.6) is 0 Å². The maximum atomic E-state index is 6.01. The van der Waals surface area contributed by atoms with Crippen LogP contribution in [-0.2, 0) is 31.0 Å². The van der Waals surface area contributed by atoms with E-state index in [1.165, 1.54) is 30.1 Å². The van der Waals surface area contributed by atoms with Crippen LogP contribution in [0.3, 0.4) is 0 Å². The van der Waals surface area contributed by atoms with Gasteiger partial charge in [0.2, 0.25) is 0 Å². The summed E-state index contributed by atoms with van der Waals surface area (Å²) in [6.45, 7) is 0.941. The summed E-state index contributed by atoms with van der Waals surface area (Å²) < 4.78 is 7.96. The van der Waals surface area contributed by atoms with Crippen LogP contribution in [0.1, 0.15) is 42.9 Å². The Hall–Kier alpha value is -0.870. The van der Waals surface area contributed by atoms with E-state index in [1.54, 1.807) is 0 Å². The summed E-state index contributed by atoms with van der Waals surface area (Å²) in [6.07, 6.45) is 8.16. The van der Waals surface area contributed by atoms with Crippen molar-refractivity contribution in [3.8, 4) is 0 Å². The van der Waals surface area contributed by atoms with Gasteiger partial charge in [-0.15, -0.1) is 0 Å². The van der Waals surface area contributed by atoms with Gasteiger partial charge < -0.3 is 15.0 Å². The van der Waals surface area contributed by atoms with Crippen molar-refractivity contribution in [3.63, 3.8) is 0 Å². The molecular formula is C14H23N3O. The van der Waals surface area contributed by atoms with Crippen molar-refractivity contribution in [2.75, 3.05) is 6.61 Å². The first kappa shape index (κ1) is 12.2. The molecule has 0 bridgehead atoms. The lowest BCUT2D eigenvalue weighted by atomic mass is 9.97. The van der Waals surface area contributed by atoms with E-state index >= 15 is 0 Å². The molecule has 1 fully saturated rings. The minimum atomic E-state index is 0.304. The van der Waals surface area contributed by atoms with Gasteiger partial charge in [0.25, 0.3) is 0 Å². The van der Waals surface area contributed by atoms with Gasteiger partial charge in [-0.1, -0.05) is 0 Å². The second-order valence-electron chi connectivity index (χ2n) is 5.66. The summed E-state index contributed by atoms with van der Waals surface area (Å²) in [5.41, 5.74) is 8.65. The van der Waals surface area contributed by atoms with Gasteiger partial charge >= 0.3 is 0 Å². The van der Waals surface area contributed by atoms with E-state index in [-0.39, 0.29) is 0 Å². The Kier molecular flexibility index (Phi) is 3.39. The summed E-state index contributed by atoms with van der Waals surface area (Å²) in [6, 6.07) is 0.304. The summed E-state index contributed by atoms with van der Waals surface area (Å²) >= 11 is 0. The van der Waals surface area contributed by atoms with Crippen molar-refractivity contribution in [2.45, 2.75) is 57.1 Å². The Labute approximate surface area is 109 Å². The van der Waals surface area contributed by atoms with Crippen LogP contribution in [0.15, 0.2) is 0 Å². The first-order chi connectivity index (χ1) is 8.74. The predicted octanol–water partition coefficient (Wildman–Crippen LogP) is 1.35. The fraction of sp³-hybridized carbons (Fsp3) is 0.786. The van der Waals surface area contributed by atoms with Gasteiger partial charge in [-0.05, 0) is 32.1 Å². The van der Waals surface area contributed by atoms with Crippen LogP contribution < -0.4 is 5.73 Å². The van der Waals surface area contributed by atoms with Crippen molar-refractivity contribution < 1.29 is 4.74 Å².